The monoisotopic (exact) mass is 1540 g/mol. The van der Waals surface area contributed by atoms with Crippen LogP contribution in [0.25, 0.3) is 22.1 Å². The van der Waals surface area contributed by atoms with E-state index in [1.807, 2.05) is 6.07 Å². The number of carboxylic acids is 1. The van der Waals surface area contributed by atoms with Crippen molar-refractivity contribution in [2.24, 2.45) is 5.73 Å². The lowest BCUT2D eigenvalue weighted by molar-refractivity contribution is -0.139. The predicted octanol–water partition coefficient (Wildman–Crippen LogP) is 1.27. The normalized spacial score (nSPS) is 22.8. The van der Waals surface area contributed by atoms with Crippen LogP contribution in [-0.2, 0) is 44.7 Å². The standard InChI is InChI=1S/C35H35ClN8O10.C19H19ClN4O7.C17H19N3O4/c36-19-6-5-16(26(47)29-27(48)28(49)35(54-29)43-12-9-18-30(37)40-15-41-31(18)43)13-22(19)53-14-24(46)39-11-2-10-38-20-4-1-3-17-25(20)34(52)44(33(17)51)21-7-8-23(45)42-32(21)50;20-10-2-1-8(5-11(10)30-6-12(25)26)13(27)16-14(28)15(29)19(31-16)24-4-3-9-17(21)22-7-23-18(9)24;18-9-2-1-4-10-5-3-6-11-14(10)17(24)20(16(11)23)12-7-8-13(21)19-15(12)22/h1,3-6,9,12-13,15,21,26-29,35,38,47-49H,2,7-8,10-11,14H2,(H,39,46)(H2,37,40,41)(H,42,45,50);1-5,7,13-16,19,27-29H,6H2,(H,25,26)(H2,21,22,23);3,5-6,12H,1-2,4,7-9,18H2,(H,19,21,22)/t21?,26-,27+,28-,29-,35-;13-,14+,15-,16-,19-;/m11./s1. The number of aryl methyl sites for hydroxylation is 1. The number of imide groups is 4. The number of nitrogens with two attached hydrogens (primary N) is 3. The molecule has 572 valence electrons. The van der Waals surface area contributed by atoms with Crippen molar-refractivity contribution in [1.82, 2.24) is 54.8 Å². The van der Waals surface area contributed by atoms with Crippen LogP contribution in [0.2, 0.25) is 10.0 Å². The second-order valence-corrected chi connectivity index (χ2v) is 26.8. The number of aliphatic carboxylic acids is 1. The van der Waals surface area contributed by atoms with E-state index in [4.69, 9.17) is 64.5 Å². The van der Waals surface area contributed by atoms with Gasteiger partial charge in [-0.1, -0.05) is 53.5 Å². The van der Waals surface area contributed by atoms with Gasteiger partial charge in [0, 0.05) is 44.0 Å². The summed E-state index contributed by atoms with van der Waals surface area (Å²) < 4.78 is 25.5. The molecule has 0 spiro atoms. The lowest BCUT2D eigenvalue weighted by Gasteiger charge is -2.27. The van der Waals surface area contributed by atoms with Crippen molar-refractivity contribution < 1.29 is 103 Å². The minimum atomic E-state index is -1.49. The average molecular weight is 1540 g/mol. The van der Waals surface area contributed by atoms with Gasteiger partial charge in [0.1, 0.15) is 108 Å². The summed E-state index contributed by atoms with van der Waals surface area (Å²) in [6, 6.07) is 19.8. The number of aliphatic hydroxyl groups excluding tert-OH is 6. The number of aliphatic hydroxyl groups is 6. The van der Waals surface area contributed by atoms with Gasteiger partial charge in [-0.15, -0.1) is 0 Å². The van der Waals surface area contributed by atoms with Crippen molar-refractivity contribution in [2.75, 3.05) is 49.6 Å². The minimum Gasteiger partial charge on any atom is -0.482 e. The second-order valence-electron chi connectivity index (χ2n) is 26.0. The van der Waals surface area contributed by atoms with E-state index in [1.165, 1.54) is 64.3 Å². The Morgan fingerprint density at radius 2 is 1.08 bits per heavy atom. The number of fused-ring (bicyclic) bond motifs is 4. The van der Waals surface area contributed by atoms with Crippen LogP contribution in [-0.4, -0.2) is 215 Å². The molecule has 17 N–H and O–H groups in total. The average Bonchev–Trinajstić information content (AvgIpc) is 1.60. The third kappa shape index (κ3) is 15.9. The van der Waals surface area contributed by atoms with Gasteiger partial charge in [0.25, 0.3) is 29.5 Å². The summed E-state index contributed by atoms with van der Waals surface area (Å²) in [7, 11) is 0. The maximum Gasteiger partial charge on any atom is 0.341 e. The number of carbonyl (C=O) groups excluding carboxylic acids is 9. The number of hydrogen-bond donors (Lipinski definition) is 14. The maximum absolute atomic E-state index is 13.3. The van der Waals surface area contributed by atoms with Gasteiger partial charge in [0.05, 0.1) is 43.1 Å². The van der Waals surface area contributed by atoms with Crippen molar-refractivity contribution in [3.05, 3.63) is 159 Å². The molecule has 109 heavy (non-hydrogen) atoms. The molecule has 4 aromatic heterocycles. The molecule has 4 saturated heterocycles. The minimum absolute atomic E-state index is 0.0169. The summed E-state index contributed by atoms with van der Waals surface area (Å²) in [6.45, 7) is 0.0806. The molecular formula is C71H73Cl2N15O21. The van der Waals surface area contributed by atoms with Gasteiger partial charge in [-0.3, -0.25) is 63.6 Å². The first-order valence-corrected chi connectivity index (χ1v) is 35.0. The van der Waals surface area contributed by atoms with Crippen molar-refractivity contribution in [3.63, 3.8) is 0 Å². The number of nitrogens with one attached hydrogen (secondary N) is 4. The van der Waals surface area contributed by atoms with E-state index < -0.39 is 140 Å². The van der Waals surface area contributed by atoms with Gasteiger partial charge in [0.2, 0.25) is 23.6 Å². The number of anilines is 3. The Morgan fingerprint density at radius 3 is 1.58 bits per heavy atom. The number of unbranched alkanes of at least 4 members (excludes halogenated alkanes) is 1. The molecule has 0 radical (unpaired) electrons. The molecule has 4 fully saturated rings. The highest BCUT2D eigenvalue weighted by atomic mass is 35.5. The van der Waals surface area contributed by atoms with Crippen LogP contribution in [0.3, 0.4) is 0 Å². The van der Waals surface area contributed by atoms with Crippen LogP contribution in [0.5, 0.6) is 11.5 Å². The van der Waals surface area contributed by atoms with E-state index >= 15 is 0 Å². The zero-order chi connectivity index (χ0) is 77.8. The van der Waals surface area contributed by atoms with Crippen LogP contribution in [0, 0.1) is 0 Å². The first-order valence-electron chi connectivity index (χ1n) is 34.2. The fraction of sp³-hybridized carbons (Fsp3) is 0.352. The first kappa shape index (κ1) is 77.5. The molecule has 2 unspecified atom stereocenters. The first-order chi connectivity index (χ1) is 52.3. The number of nitrogens with zero attached hydrogens (tertiary/aromatic N) is 8. The number of amides is 9. The molecule has 0 saturated carbocycles. The molecule has 10 heterocycles. The van der Waals surface area contributed by atoms with Crippen LogP contribution in [0.4, 0.5) is 17.3 Å². The van der Waals surface area contributed by atoms with E-state index in [0.717, 1.165) is 28.2 Å². The molecule has 6 aliphatic heterocycles. The number of rotatable bonds is 23. The molecule has 4 aromatic carbocycles. The fourth-order valence-electron chi connectivity index (χ4n) is 13.5. The molecule has 8 aromatic rings. The van der Waals surface area contributed by atoms with Crippen LogP contribution in [0.1, 0.15) is 128 Å². The lowest BCUT2D eigenvalue weighted by atomic mass is 9.98. The third-order valence-electron chi connectivity index (χ3n) is 19.0. The molecule has 12 atom stereocenters. The van der Waals surface area contributed by atoms with Gasteiger partial charge in [0.15, 0.2) is 25.7 Å². The van der Waals surface area contributed by atoms with E-state index in [1.54, 1.807) is 48.8 Å². The zero-order valence-corrected chi connectivity index (χ0v) is 58.9. The van der Waals surface area contributed by atoms with E-state index in [9.17, 15) is 78.6 Å². The van der Waals surface area contributed by atoms with Crippen LogP contribution < -0.4 is 47.9 Å². The van der Waals surface area contributed by atoms with E-state index in [0.29, 0.717) is 64.8 Å². The second kappa shape index (κ2) is 33.1. The highest BCUT2D eigenvalue weighted by Gasteiger charge is 2.51. The fourth-order valence-corrected chi connectivity index (χ4v) is 13.9. The van der Waals surface area contributed by atoms with Crippen LogP contribution >= 0.6 is 23.2 Å². The summed E-state index contributed by atoms with van der Waals surface area (Å²) >= 11 is 12.3. The SMILES string of the molecule is NCCCCc1cccc2c1C(=O)N(C1CCC(=O)NC1=O)C2=O.Nc1ncnc2c1ccn2[C@@H]1O[C@H]([C@H](O)c2ccc(Cl)c(OCC(=O)NCCCNc3cccc4c3C(=O)N(C3CCC(=O)NC3=O)C4=O)c2)[C@@H](O)[C@H]1O.Nc1ncnc2c1ccn2[C@@H]1O[C@H]([C@H](O)c2ccc(Cl)c(OCC(=O)O)c2)[C@@H](O)[C@H]1O. The Bertz CT molecular complexity index is 4910. The molecule has 36 nitrogen and oxygen atoms in total. The third-order valence-corrected chi connectivity index (χ3v) is 19.6. The van der Waals surface area contributed by atoms with Gasteiger partial charge in [-0.2, -0.15) is 0 Å². The Hall–Kier alpha value is -11.2. The number of carboxylic acid groups (broad SMARTS) is 1. The van der Waals surface area contributed by atoms with Gasteiger partial charge < -0.3 is 91.7 Å². The summed E-state index contributed by atoms with van der Waals surface area (Å²) in [5.74, 6) is -5.32. The number of benzene rings is 4. The summed E-state index contributed by atoms with van der Waals surface area (Å²) in [5.41, 5.74) is 20.7. The number of aromatic nitrogens is 6. The van der Waals surface area contributed by atoms with Gasteiger partial charge >= 0.3 is 5.97 Å². The molecule has 14 rings (SSSR count). The number of hydrogen-bond acceptors (Lipinski definition) is 28. The van der Waals surface area contributed by atoms with Gasteiger partial charge in [-0.25, -0.2) is 24.7 Å². The number of ether oxygens (including phenoxy) is 4. The Morgan fingerprint density at radius 1 is 0.596 bits per heavy atom. The number of nitrogen functional groups attached to an aromatic ring is 2. The summed E-state index contributed by atoms with van der Waals surface area (Å²) in [4.78, 5) is 140. The quantitative estimate of drug-likeness (QED) is 0.0317. The molecule has 0 aliphatic carbocycles. The zero-order valence-electron chi connectivity index (χ0n) is 57.4. The highest BCUT2D eigenvalue weighted by molar-refractivity contribution is 6.32. The molecule has 9 amide bonds. The van der Waals surface area contributed by atoms with E-state index in [2.05, 4.69) is 41.2 Å². The Balaban J connectivity index is 0.000000169. The Labute approximate surface area is 627 Å². The van der Waals surface area contributed by atoms with Crippen LogP contribution in [0.15, 0.2) is 110 Å². The smallest absolute Gasteiger partial charge is 0.341 e. The molecular weight excluding hydrogens is 1470 g/mol. The van der Waals surface area contributed by atoms with Crippen molar-refractivity contribution in [2.45, 2.75) is 125 Å². The number of halogens is 2. The topological polar surface area (TPSA) is 543 Å². The lowest BCUT2D eigenvalue weighted by Crippen LogP contribution is -2.54. The highest BCUT2D eigenvalue weighted by Crippen LogP contribution is 2.42. The molecule has 6 aliphatic rings. The van der Waals surface area contributed by atoms with Crippen molar-refractivity contribution >= 4 is 122 Å². The van der Waals surface area contributed by atoms with Gasteiger partial charge in [-0.05, 0) is 116 Å². The summed E-state index contributed by atoms with van der Waals surface area (Å²) in [6.07, 6.45) is -4.32. The maximum atomic E-state index is 13.3. The van der Waals surface area contributed by atoms with Crippen molar-refractivity contribution in [3.8, 4) is 11.5 Å². The number of carbonyl (C=O) groups is 10. The molecule has 38 heteroatoms. The predicted molar refractivity (Wildman–Crippen MR) is 382 cm³/mol. The van der Waals surface area contributed by atoms with E-state index in [-0.39, 0.29) is 93.6 Å². The van der Waals surface area contributed by atoms with Crippen molar-refractivity contribution in [1.29, 1.82) is 0 Å². The largest absolute Gasteiger partial charge is 0.482 e. The Kier molecular flexibility index (Phi) is 23.5. The summed E-state index contributed by atoms with van der Waals surface area (Å²) in [5, 5.41) is 85.1. The molecule has 0 bridgehead atoms. The number of piperidine rings is 2.